The van der Waals surface area contributed by atoms with Crippen LogP contribution in [0.3, 0.4) is 0 Å². The van der Waals surface area contributed by atoms with Gasteiger partial charge >= 0.3 is 0 Å². The van der Waals surface area contributed by atoms with E-state index in [0.29, 0.717) is 5.69 Å². The van der Waals surface area contributed by atoms with E-state index >= 15 is 0 Å². The molecule has 0 saturated heterocycles. The van der Waals surface area contributed by atoms with Crippen molar-refractivity contribution in [1.82, 2.24) is 5.10 Å². The van der Waals surface area contributed by atoms with Crippen LogP contribution in [0.1, 0.15) is 5.69 Å². The van der Waals surface area contributed by atoms with Crippen LogP contribution >= 0.6 is 15.9 Å². The molecule has 4 nitrogen and oxygen atoms in total. The monoisotopic (exact) mass is 254 g/mol. The van der Waals surface area contributed by atoms with E-state index in [1.165, 1.54) is 0 Å². The molecule has 1 heterocycles. The molecule has 0 saturated carbocycles. The van der Waals surface area contributed by atoms with Gasteiger partial charge in [0.15, 0.2) is 7.05 Å². The van der Waals surface area contributed by atoms with E-state index in [9.17, 15) is 4.91 Å². The quantitative estimate of drug-likeness (QED) is 0.617. The molecule has 0 aliphatic rings. The van der Waals surface area contributed by atoms with Crippen molar-refractivity contribution in [2.75, 3.05) is 0 Å². The van der Waals surface area contributed by atoms with E-state index in [1.807, 2.05) is 24.7 Å². The van der Waals surface area contributed by atoms with Crippen molar-refractivity contribution in [1.29, 1.82) is 0 Å². The molecule has 0 spiro atoms. The van der Waals surface area contributed by atoms with Gasteiger partial charge in [0.1, 0.15) is 5.69 Å². The Hall–Kier alpha value is -1.23. The molecule has 0 amide bonds. The lowest BCUT2D eigenvalue weighted by Gasteiger charge is -1.92. The van der Waals surface area contributed by atoms with Gasteiger partial charge in [0.25, 0.3) is 0 Å². The van der Waals surface area contributed by atoms with E-state index in [2.05, 4.69) is 26.2 Å². The summed E-state index contributed by atoms with van der Waals surface area (Å²) in [4.78, 5) is 10.5. The minimum Gasteiger partial charge on any atom is -0.169 e. The largest absolute Gasteiger partial charge is 0.239 e. The lowest BCUT2D eigenvalue weighted by Crippen LogP contribution is -2.29. The maximum atomic E-state index is 10.5. The SMILES string of the molecule is Cc1[nH][n+](C)c2cc(Br)c(N=O)cc12. The first kappa shape index (κ1) is 9.33. The molecule has 5 heteroatoms. The highest BCUT2D eigenvalue weighted by molar-refractivity contribution is 9.10. The number of H-pyrrole nitrogens is 1. The Morgan fingerprint density at radius 2 is 2.21 bits per heavy atom. The van der Waals surface area contributed by atoms with E-state index < -0.39 is 0 Å². The molecule has 0 aliphatic heterocycles. The Bertz CT molecular complexity index is 518. The summed E-state index contributed by atoms with van der Waals surface area (Å²) in [6.07, 6.45) is 0. The maximum absolute atomic E-state index is 10.5. The van der Waals surface area contributed by atoms with Gasteiger partial charge in [-0.2, -0.15) is 5.10 Å². The first-order valence-corrected chi connectivity index (χ1v) is 4.94. The van der Waals surface area contributed by atoms with Gasteiger partial charge in [-0.3, -0.25) is 0 Å². The lowest BCUT2D eigenvalue weighted by atomic mass is 10.2. The molecular formula is C9H9BrN3O+. The van der Waals surface area contributed by atoms with Crippen molar-refractivity contribution < 1.29 is 4.68 Å². The number of halogens is 1. The summed E-state index contributed by atoms with van der Waals surface area (Å²) in [6.45, 7) is 1.96. The average molecular weight is 255 g/mol. The molecular weight excluding hydrogens is 246 g/mol. The molecule has 0 bridgehead atoms. The zero-order valence-corrected chi connectivity index (χ0v) is 9.42. The Morgan fingerprint density at radius 1 is 1.50 bits per heavy atom. The van der Waals surface area contributed by atoms with Crippen LogP contribution in [0.25, 0.3) is 10.9 Å². The van der Waals surface area contributed by atoms with Crippen molar-refractivity contribution in [2.45, 2.75) is 6.92 Å². The second-order valence-electron chi connectivity index (χ2n) is 3.21. The van der Waals surface area contributed by atoms with E-state index in [4.69, 9.17) is 0 Å². The van der Waals surface area contributed by atoms with Crippen molar-refractivity contribution in [3.05, 3.63) is 27.2 Å². The molecule has 72 valence electrons. The van der Waals surface area contributed by atoms with Crippen LogP contribution in [-0.2, 0) is 7.05 Å². The number of aryl methyl sites for hydroxylation is 2. The molecule has 0 unspecified atom stereocenters. The van der Waals surface area contributed by atoms with Gasteiger partial charge in [-0.05, 0) is 34.1 Å². The number of aromatic nitrogens is 2. The molecule has 1 N–H and O–H groups in total. The highest BCUT2D eigenvalue weighted by Gasteiger charge is 2.14. The molecule has 0 radical (unpaired) electrons. The second kappa shape index (κ2) is 3.16. The summed E-state index contributed by atoms with van der Waals surface area (Å²) in [7, 11) is 1.93. The number of nitroso groups, excluding NO2 is 1. The summed E-state index contributed by atoms with van der Waals surface area (Å²) < 4.78 is 2.62. The summed E-state index contributed by atoms with van der Waals surface area (Å²) in [5.74, 6) is 0. The van der Waals surface area contributed by atoms with Crippen LogP contribution in [0.15, 0.2) is 21.8 Å². The number of hydrogen-bond acceptors (Lipinski definition) is 2. The number of fused-ring (bicyclic) bond motifs is 1. The Morgan fingerprint density at radius 3 is 2.86 bits per heavy atom. The van der Waals surface area contributed by atoms with E-state index in [1.54, 1.807) is 6.07 Å². The lowest BCUT2D eigenvalue weighted by molar-refractivity contribution is -0.703. The third kappa shape index (κ3) is 1.24. The molecule has 2 aromatic rings. The van der Waals surface area contributed by atoms with Gasteiger partial charge in [-0.15, -0.1) is 9.59 Å². The zero-order valence-electron chi connectivity index (χ0n) is 7.84. The first-order valence-electron chi connectivity index (χ1n) is 4.14. The standard InChI is InChI=1S/C9H8BrN3O/c1-5-6-3-8(12-14)7(10)4-9(6)13(2)11-5/h3-4H,1-2H3/p+1. The smallest absolute Gasteiger partial charge is 0.169 e. The molecule has 0 fully saturated rings. The number of benzene rings is 1. The minimum absolute atomic E-state index is 0.431. The molecule has 0 atom stereocenters. The third-order valence-corrected chi connectivity index (χ3v) is 2.90. The normalized spacial score (nSPS) is 10.8. The fourth-order valence-corrected chi connectivity index (χ4v) is 1.97. The molecule has 0 aliphatic carbocycles. The Labute approximate surface area is 89.0 Å². The van der Waals surface area contributed by atoms with Crippen LogP contribution in [0.5, 0.6) is 0 Å². The van der Waals surface area contributed by atoms with Crippen LogP contribution < -0.4 is 4.68 Å². The second-order valence-corrected chi connectivity index (χ2v) is 4.06. The number of nitrogens with one attached hydrogen (secondary N) is 1. The molecule has 2 rings (SSSR count). The summed E-state index contributed by atoms with van der Waals surface area (Å²) in [6, 6.07) is 3.66. The average Bonchev–Trinajstić information content (AvgIpc) is 2.41. The fourth-order valence-electron chi connectivity index (χ4n) is 1.57. The summed E-state index contributed by atoms with van der Waals surface area (Å²) in [5, 5.41) is 7.12. The topological polar surface area (TPSA) is 49.1 Å². The van der Waals surface area contributed by atoms with Crippen molar-refractivity contribution >= 4 is 32.5 Å². The van der Waals surface area contributed by atoms with Gasteiger partial charge < -0.3 is 0 Å². The molecule has 1 aromatic heterocycles. The predicted octanol–water partition coefficient (Wildman–Crippen LogP) is 2.46. The van der Waals surface area contributed by atoms with E-state index in [-0.39, 0.29) is 0 Å². The number of aromatic amines is 1. The van der Waals surface area contributed by atoms with Crippen molar-refractivity contribution in [2.24, 2.45) is 12.2 Å². The van der Waals surface area contributed by atoms with Crippen LogP contribution in [0.4, 0.5) is 5.69 Å². The first-order chi connectivity index (χ1) is 6.63. The minimum atomic E-state index is 0.431. The zero-order chi connectivity index (χ0) is 10.3. The number of nitrogens with zero attached hydrogens (tertiary/aromatic N) is 2. The third-order valence-electron chi connectivity index (χ3n) is 2.26. The number of hydrogen-bond donors (Lipinski definition) is 1. The highest BCUT2D eigenvalue weighted by Crippen LogP contribution is 2.30. The van der Waals surface area contributed by atoms with Crippen molar-refractivity contribution in [3.8, 4) is 0 Å². The summed E-state index contributed by atoms with van der Waals surface area (Å²) in [5.41, 5.74) is 2.50. The molecule has 14 heavy (non-hydrogen) atoms. The van der Waals surface area contributed by atoms with Gasteiger partial charge in [-0.1, -0.05) is 0 Å². The van der Waals surface area contributed by atoms with Crippen LogP contribution in [0.2, 0.25) is 0 Å². The fraction of sp³-hybridized carbons (Fsp3) is 0.222. The maximum Gasteiger partial charge on any atom is 0.239 e. The van der Waals surface area contributed by atoms with Gasteiger partial charge in [0.2, 0.25) is 5.52 Å². The highest BCUT2D eigenvalue weighted by atomic mass is 79.9. The summed E-state index contributed by atoms with van der Waals surface area (Å²) >= 11 is 3.30. The van der Waals surface area contributed by atoms with Gasteiger partial charge in [-0.25, -0.2) is 0 Å². The Kier molecular flexibility index (Phi) is 2.11. The predicted molar refractivity (Wildman–Crippen MR) is 57.4 cm³/mol. The number of rotatable bonds is 1. The van der Waals surface area contributed by atoms with Gasteiger partial charge in [0, 0.05) is 6.07 Å². The van der Waals surface area contributed by atoms with E-state index in [0.717, 1.165) is 21.1 Å². The Balaban J connectivity index is 2.88. The molecule has 1 aromatic carbocycles. The van der Waals surface area contributed by atoms with Crippen molar-refractivity contribution in [3.63, 3.8) is 0 Å². The van der Waals surface area contributed by atoms with Gasteiger partial charge in [0.05, 0.1) is 15.6 Å². The van der Waals surface area contributed by atoms with Crippen LogP contribution in [-0.4, -0.2) is 5.10 Å². The van der Waals surface area contributed by atoms with Crippen LogP contribution in [0, 0.1) is 11.8 Å².